The fourth-order valence-electron chi connectivity index (χ4n) is 2.61. The van der Waals surface area contributed by atoms with Gasteiger partial charge in [0.2, 0.25) is 15.9 Å². The lowest BCUT2D eigenvalue weighted by Gasteiger charge is -2.34. The number of sulfonamides is 1. The van der Waals surface area contributed by atoms with Crippen LogP contribution in [-0.4, -0.2) is 56.2 Å². The highest BCUT2D eigenvalue weighted by Gasteiger charge is 2.23. The molecule has 138 valence electrons. The average molecular weight is 385 g/mol. The number of nitrogens with zero attached hydrogens (tertiary/aromatic N) is 2. The van der Waals surface area contributed by atoms with Crippen LogP contribution in [0.15, 0.2) is 24.3 Å². The van der Waals surface area contributed by atoms with Crippen molar-refractivity contribution in [3.8, 4) is 0 Å². The summed E-state index contributed by atoms with van der Waals surface area (Å²) in [5, 5.41) is 5.90. The zero-order valence-electron chi connectivity index (χ0n) is 14.5. The lowest BCUT2D eigenvalue weighted by atomic mass is 10.2. The van der Waals surface area contributed by atoms with Crippen LogP contribution in [0.25, 0.3) is 0 Å². The lowest BCUT2D eigenvalue weighted by Crippen LogP contribution is -2.48. The molecule has 0 atom stereocenters. The number of carbonyl (C=O) groups excluding carboxylic acids is 1. The molecule has 9 heteroatoms. The van der Waals surface area contributed by atoms with Crippen molar-refractivity contribution in [2.45, 2.75) is 19.8 Å². The molecular weight excluding hydrogens is 360 g/mol. The molecule has 0 unspecified atom stereocenters. The molecule has 0 aromatic heterocycles. The predicted octanol–water partition coefficient (Wildman–Crippen LogP) is 1.38. The quantitative estimate of drug-likeness (QED) is 0.747. The number of carbonyl (C=O) groups is 1. The third-order valence-corrected chi connectivity index (χ3v) is 5.44. The van der Waals surface area contributed by atoms with Gasteiger partial charge in [0.15, 0.2) is 5.11 Å². The van der Waals surface area contributed by atoms with E-state index in [4.69, 9.17) is 12.2 Å². The summed E-state index contributed by atoms with van der Waals surface area (Å²) in [7, 11) is -3.12. The van der Waals surface area contributed by atoms with Crippen LogP contribution in [-0.2, 0) is 14.8 Å². The monoisotopic (exact) mass is 384 g/mol. The van der Waals surface area contributed by atoms with Crippen molar-refractivity contribution in [3.05, 3.63) is 24.3 Å². The number of hydrogen-bond donors (Lipinski definition) is 2. The Hall–Kier alpha value is -1.71. The number of benzene rings is 1. The van der Waals surface area contributed by atoms with Crippen molar-refractivity contribution >= 4 is 44.6 Å². The predicted molar refractivity (Wildman–Crippen MR) is 104 cm³/mol. The molecule has 1 aliphatic heterocycles. The maximum Gasteiger partial charge on any atom is 0.226 e. The fourth-order valence-corrected chi connectivity index (χ4v) is 3.67. The van der Waals surface area contributed by atoms with Gasteiger partial charge in [0.25, 0.3) is 0 Å². The van der Waals surface area contributed by atoms with Crippen molar-refractivity contribution in [3.63, 3.8) is 0 Å². The summed E-state index contributed by atoms with van der Waals surface area (Å²) in [6.45, 7) is 4.24. The molecule has 7 nitrogen and oxygen atoms in total. The number of rotatable bonds is 5. The van der Waals surface area contributed by atoms with Gasteiger partial charge in [-0.2, -0.15) is 4.31 Å². The molecule has 1 aromatic carbocycles. The largest absolute Gasteiger partial charge is 0.369 e. The Balaban J connectivity index is 1.88. The Labute approximate surface area is 154 Å². The van der Waals surface area contributed by atoms with Gasteiger partial charge in [-0.3, -0.25) is 4.79 Å². The molecule has 0 aliphatic carbocycles. The second-order valence-electron chi connectivity index (χ2n) is 5.95. The van der Waals surface area contributed by atoms with Crippen molar-refractivity contribution in [1.82, 2.24) is 9.62 Å². The molecule has 1 amide bonds. The molecule has 1 saturated heterocycles. The highest BCUT2D eigenvalue weighted by molar-refractivity contribution is 7.88. The minimum atomic E-state index is -3.12. The van der Waals surface area contributed by atoms with Gasteiger partial charge < -0.3 is 15.5 Å². The van der Waals surface area contributed by atoms with Crippen LogP contribution >= 0.6 is 12.2 Å². The molecule has 1 fully saturated rings. The summed E-state index contributed by atoms with van der Waals surface area (Å²) in [5.74, 6) is -0.0969. The molecular formula is C16H24N4O3S2. The van der Waals surface area contributed by atoms with Crippen molar-refractivity contribution < 1.29 is 13.2 Å². The maximum atomic E-state index is 11.6. The van der Waals surface area contributed by atoms with Crippen molar-refractivity contribution in [2.24, 2.45) is 0 Å². The standard InChI is InChI=1S/C16H24N4O3S2/c1-3-4-15(21)18-16(24)17-13-5-7-14(8-6-13)19-9-11-20(12-10-19)25(2,22)23/h5-8H,3-4,9-12H2,1-2H3,(H2,17,18,21,24). The number of piperazine rings is 1. The summed E-state index contributed by atoms with van der Waals surface area (Å²) < 4.78 is 24.6. The second-order valence-corrected chi connectivity index (χ2v) is 8.34. The molecule has 1 aromatic rings. The van der Waals surface area contributed by atoms with Crippen molar-refractivity contribution in [1.29, 1.82) is 0 Å². The van der Waals surface area contributed by atoms with Crippen LogP contribution < -0.4 is 15.5 Å². The fraction of sp³-hybridized carbons (Fsp3) is 0.500. The van der Waals surface area contributed by atoms with E-state index < -0.39 is 10.0 Å². The number of nitrogens with one attached hydrogen (secondary N) is 2. The number of amides is 1. The van der Waals surface area contributed by atoms with Crippen LogP contribution in [0.1, 0.15) is 19.8 Å². The average Bonchev–Trinajstić information content (AvgIpc) is 2.55. The highest BCUT2D eigenvalue weighted by atomic mass is 32.2. The van der Waals surface area contributed by atoms with Crippen LogP contribution in [0.5, 0.6) is 0 Å². The first-order chi connectivity index (χ1) is 11.8. The minimum absolute atomic E-state index is 0.0969. The van der Waals surface area contributed by atoms with Gasteiger partial charge in [0.05, 0.1) is 6.26 Å². The zero-order valence-corrected chi connectivity index (χ0v) is 16.1. The summed E-state index contributed by atoms with van der Waals surface area (Å²) in [4.78, 5) is 13.7. The molecule has 2 rings (SSSR count). The Morgan fingerprint density at radius 1 is 1.16 bits per heavy atom. The summed E-state index contributed by atoms with van der Waals surface area (Å²) in [5.41, 5.74) is 1.82. The lowest BCUT2D eigenvalue weighted by molar-refractivity contribution is -0.119. The molecule has 0 radical (unpaired) electrons. The smallest absolute Gasteiger partial charge is 0.226 e. The molecule has 0 bridgehead atoms. The maximum absolute atomic E-state index is 11.6. The third-order valence-electron chi connectivity index (χ3n) is 3.93. The zero-order chi connectivity index (χ0) is 18.4. The molecule has 2 N–H and O–H groups in total. The van der Waals surface area contributed by atoms with E-state index in [1.165, 1.54) is 10.6 Å². The Bertz CT molecular complexity index is 711. The topological polar surface area (TPSA) is 81.8 Å². The summed E-state index contributed by atoms with van der Waals surface area (Å²) >= 11 is 5.12. The van der Waals surface area contributed by atoms with E-state index in [0.717, 1.165) is 17.8 Å². The van der Waals surface area contributed by atoms with E-state index in [2.05, 4.69) is 15.5 Å². The number of thiocarbonyl (C=S) groups is 1. The first-order valence-electron chi connectivity index (χ1n) is 8.20. The second kappa shape index (κ2) is 8.59. The van der Waals surface area contributed by atoms with Gasteiger partial charge in [-0.1, -0.05) is 6.92 Å². The Morgan fingerprint density at radius 2 is 1.76 bits per heavy atom. The summed E-state index contributed by atoms with van der Waals surface area (Å²) in [6.07, 6.45) is 2.46. The highest BCUT2D eigenvalue weighted by Crippen LogP contribution is 2.20. The van der Waals surface area contributed by atoms with E-state index in [-0.39, 0.29) is 11.0 Å². The summed E-state index contributed by atoms with van der Waals surface area (Å²) in [6, 6.07) is 7.68. The van der Waals surface area contributed by atoms with Gasteiger partial charge in [-0.05, 0) is 42.9 Å². The first-order valence-corrected chi connectivity index (χ1v) is 10.5. The number of anilines is 2. The molecule has 1 aliphatic rings. The van der Waals surface area contributed by atoms with Crippen LogP contribution in [0.2, 0.25) is 0 Å². The first kappa shape index (κ1) is 19.6. The van der Waals surface area contributed by atoms with Gasteiger partial charge in [0, 0.05) is 44.0 Å². The van der Waals surface area contributed by atoms with E-state index in [9.17, 15) is 13.2 Å². The SMILES string of the molecule is CCCC(=O)NC(=S)Nc1ccc(N2CCN(S(C)(=O)=O)CC2)cc1. The molecule has 25 heavy (non-hydrogen) atoms. The van der Waals surface area contributed by atoms with E-state index in [0.29, 0.717) is 32.6 Å². The van der Waals surface area contributed by atoms with Crippen LogP contribution in [0.3, 0.4) is 0 Å². The van der Waals surface area contributed by atoms with Crippen LogP contribution in [0, 0.1) is 0 Å². The number of hydrogen-bond acceptors (Lipinski definition) is 5. The van der Waals surface area contributed by atoms with E-state index >= 15 is 0 Å². The van der Waals surface area contributed by atoms with Gasteiger partial charge >= 0.3 is 0 Å². The third kappa shape index (κ3) is 5.94. The molecule has 0 spiro atoms. The molecule has 0 saturated carbocycles. The van der Waals surface area contributed by atoms with Gasteiger partial charge in [0.1, 0.15) is 0 Å². The van der Waals surface area contributed by atoms with E-state index in [1.807, 2.05) is 31.2 Å². The van der Waals surface area contributed by atoms with Crippen molar-refractivity contribution in [2.75, 3.05) is 42.7 Å². The molecule has 1 heterocycles. The normalized spacial score (nSPS) is 15.7. The van der Waals surface area contributed by atoms with Crippen LogP contribution in [0.4, 0.5) is 11.4 Å². The Morgan fingerprint density at radius 3 is 2.28 bits per heavy atom. The van der Waals surface area contributed by atoms with E-state index in [1.54, 1.807) is 0 Å². The van der Waals surface area contributed by atoms with Gasteiger partial charge in [-0.25, -0.2) is 8.42 Å². The minimum Gasteiger partial charge on any atom is -0.369 e. The van der Waals surface area contributed by atoms with Gasteiger partial charge in [-0.15, -0.1) is 0 Å². The Kier molecular flexibility index (Phi) is 6.74.